The lowest BCUT2D eigenvalue weighted by molar-refractivity contribution is 0.587. The summed E-state index contributed by atoms with van der Waals surface area (Å²) >= 11 is 0. The summed E-state index contributed by atoms with van der Waals surface area (Å²) in [6.07, 6.45) is 22.0. The van der Waals surface area contributed by atoms with Crippen molar-refractivity contribution >= 4 is 0 Å². The van der Waals surface area contributed by atoms with Crippen molar-refractivity contribution in [3.8, 4) is 0 Å². The maximum atomic E-state index is 4.20. The van der Waals surface area contributed by atoms with E-state index in [1.165, 1.54) is 119 Å². The van der Waals surface area contributed by atoms with E-state index in [9.17, 15) is 0 Å². The predicted molar refractivity (Wildman–Crippen MR) is 114 cm³/mol. The van der Waals surface area contributed by atoms with Gasteiger partial charge in [-0.15, -0.1) is 0 Å². The molecule has 0 N–H and O–H groups in total. The summed E-state index contributed by atoms with van der Waals surface area (Å²) in [7, 11) is 0. The van der Waals surface area contributed by atoms with Crippen LogP contribution in [-0.2, 0) is 12.8 Å². The van der Waals surface area contributed by atoms with Crippen molar-refractivity contribution in [2.75, 3.05) is 0 Å². The molecule has 0 bridgehead atoms. The average Bonchev–Trinajstić information content (AvgIpc) is 2.60. The van der Waals surface area contributed by atoms with Gasteiger partial charge in [-0.25, -0.2) is 0 Å². The second-order valence-electron chi connectivity index (χ2n) is 7.90. The molecule has 0 aliphatic rings. The first kappa shape index (κ1) is 22.3. The lowest BCUT2D eigenvalue weighted by Gasteiger charge is -2.08. The van der Waals surface area contributed by atoms with Crippen LogP contribution in [0.2, 0.25) is 0 Å². The van der Waals surface area contributed by atoms with E-state index in [0.29, 0.717) is 0 Å². The smallest absolute Gasteiger partial charge is 0.0238 e. The van der Waals surface area contributed by atoms with Crippen LogP contribution in [0.4, 0.5) is 0 Å². The van der Waals surface area contributed by atoms with Crippen molar-refractivity contribution in [1.29, 1.82) is 0 Å². The first-order valence-corrected chi connectivity index (χ1v) is 11.2. The Labute approximate surface area is 158 Å². The maximum absolute atomic E-state index is 4.20. The average molecular weight is 344 g/mol. The Bertz CT molecular complexity index is 382. The molecule has 0 heteroatoms. The Balaban J connectivity index is 2.19. The Morgan fingerprint density at radius 2 is 0.880 bits per heavy atom. The van der Waals surface area contributed by atoms with Crippen LogP contribution >= 0.6 is 0 Å². The van der Waals surface area contributed by atoms with Gasteiger partial charge < -0.3 is 0 Å². The zero-order valence-corrected chi connectivity index (χ0v) is 17.3. The third-order valence-corrected chi connectivity index (χ3v) is 5.25. The van der Waals surface area contributed by atoms with Crippen molar-refractivity contribution in [2.24, 2.45) is 0 Å². The highest BCUT2D eigenvalue weighted by atomic mass is 14.1. The highest BCUT2D eigenvalue weighted by Crippen LogP contribution is 2.17. The van der Waals surface area contributed by atoms with Crippen molar-refractivity contribution in [3.63, 3.8) is 0 Å². The Morgan fingerprint density at radius 3 is 1.28 bits per heavy atom. The van der Waals surface area contributed by atoms with Crippen LogP contribution in [0.15, 0.2) is 18.2 Å². The predicted octanol–water partition coefficient (Wildman–Crippen LogP) is 8.45. The number of benzene rings is 1. The summed E-state index contributed by atoms with van der Waals surface area (Å²) in [6.45, 7) is 8.77. The van der Waals surface area contributed by atoms with Crippen LogP contribution in [0, 0.1) is 6.92 Å². The monoisotopic (exact) mass is 343 g/mol. The van der Waals surface area contributed by atoms with Gasteiger partial charge in [0.25, 0.3) is 0 Å². The minimum absolute atomic E-state index is 1.21. The maximum Gasteiger partial charge on any atom is -0.0238 e. The van der Waals surface area contributed by atoms with E-state index in [0.717, 1.165) is 0 Å². The van der Waals surface area contributed by atoms with E-state index < -0.39 is 0 Å². The van der Waals surface area contributed by atoms with Gasteiger partial charge in [0.05, 0.1) is 0 Å². The quantitative estimate of drug-likeness (QED) is 0.264. The summed E-state index contributed by atoms with van der Waals surface area (Å²) in [4.78, 5) is 0. The first-order valence-electron chi connectivity index (χ1n) is 11.2. The second kappa shape index (κ2) is 15.5. The number of rotatable bonds is 16. The molecule has 0 heterocycles. The lowest BCUT2D eigenvalue weighted by Crippen LogP contribution is -1.93. The van der Waals surface area contributed by atoms with Crippen LogP contribution in [0.25, 0.3) is 0 Å². The standard InChI is InChI=1S/C25H43/c1-4-6-8-10-12-14-16-18-24-20-23(3)21-25(22-24)19-17-15-13-11-9-7-5-2/h20-22H,3-19H2,1-2H3. The largest absolute Gasteiger partial charge is 0.0654 e. The van der Waals surface area contributed by atoms with Crippen LogP contribution in [0.3, 0.4) is 0 Å². The molecule has 0 saturated carbocycles. The van der Waals surface area contributed by atoms with Gasteiger partial charge in [-0.2, -0.15) is 0 Å². The zero-order valence-electron chi connectivity index (χ0n) is 17.3. The van der Waals surface area contributed by atoms with Gasteiger partial charge in [0.2, 0.25) is 0 Å². The van der Waals surface area contributed by atoms with Crippen molar-refractivity contribution < 1.29 is 0 Å². The van der Waals surface area contributed by atoms with Gasteiger partial charge in [0, 0.05) is 0 Å². The summed E-state index contributed by atoms with van der Waals surface area (Å²) < 4.78 is 0. The topological polar surface area (TPSA) is 0 Å². The van der Waals surface area contributed by atoms with Gasteiger partial charge in [-0.1, -0.05) is 109 Å². The van der Waals surface area contributed by atoms with Crippen LogP contribution in [0.5, 0.6) is 0 Å². The number of aryl methyl sites for hydroxylation is 2. The molecule has 0 atom stereocenters. The highest BCUT2D eigenvalue weighted by Gasteiger charge is 2.01. The van der Waals surface area contributed by atoms with E-state index >= 15 is 0 Å². The van der Waals surface area contributed by atoms with E-state index in [1.807, 2.05) is 0 Å². The molecule has 0 aromatic heterocycles. The number of unbranched alkanes of at least 4 members (excludes halogenated alkanes) is 12. The Hall–Kier alpha value is -0.780. The molecule has 0 unspecified atom stereocenters. The minimum Gasteiger partial charge on any atom is -0.0654 e. The molecule has 1 radical (unpaired) electrons. The van der Waals surface area contributed by atoms with Gasteiger partial charge >= 0.3 is 0 Å². The van der Waals surface area contributed by atoms with Crippen molar-refractivity contribution in [2.45, 2.75) is 117 Å². The van der Waals surface area contributed by atoms with Gasteiger partial charge in [0.15, 0.2) is 0 Å². The van der Waals surface area contributed by atoms with E-state index in [-0.39, 0.29) is 0 Å². The SMILES string of the molecule is [CH2]c1cc(CCCCCCCCC)cc(CCCCCCCCC)c1. The fourth-order valence-electron chi connectivity index (χ4n) is 3.70. The zero-order chi connectivity index (χ0) is 18.2. The molecule has 0 aliphatic heterocycles. The molecule has 0 nitrogen and oxygen atoms in total. The summed E-state index contributed by atoms with van der Waals surface area (Å²) in [5.74, 6) is 0. The molecule has 143 valence electrons. The molecule has 0 spiro atoms. The first-order chi connectivity index (χ1) is 12.3. The molecule has 0 amide bonds. The molecule has 1 rings (SSSR count). The molecule has 0 saturated heterocycles. The molecule has 0 fully saturated rings. The fraction of sp³-hybridized carbons (Fsp3) is 0.720. The molecular weight excluding hydrogens is 300 g/mol. The minimum atomic E-state index is 1.21. The van der Waals surface area contributed by atoms with Crippen LogP contribution in [-0.4, -0.2) is 0 Å². The van der Waals surface area contributed by atoms with Crippen LogP contribution in [0.1, 0.15) is 120 Å². The summed E-state index contributed by atoms with van der Waals surface area (Å²) in [5.41, 5.74) is 4.23. The van der Waals surface area contributed by atoms with E-state index in [2.05, 4.69) is 39.0 Å². The normalized spacial score (nSPS) is 11.2. The molecule has 1 aromatic rings. The molecule has 1 aromatic carbocycles. The third kappa shape index (κ3) is 12.2. The van der Waals surface area contributed by atoms with Gasteiger partial charge in [0.1, 0.15) is 0 Å². The molecule has 0 aliphatic carbocycles. The van der Waals surface area contributed by atoms with Gasteiger partial charge in [-0.3, -0.25) is 0 Å². The highest BCUT2D eigenvalue weighted by molar-refractivity contribution is 5.32. The van der Waals surface area contributed by atoms with E-state index in [1.54, 1.807) is 0 Å². The summed E-state index contributed by atoms with van der Waals surface area (Å²) in [6, 6.07) is 7.04. The molecule has 25 heavy (non-hydrogen) atoms. The van der Waals surface area contributed by atoms with Crippen LogP contribution < -0.4 is 0 Å². The lowest BCUT2D eigenvalue weighted by atomic mass is 9.97. The van der Waals surface area contributed by atoms with Crippen molar-refractivity contribution in [1.82, 2.24) is 0 Å². The molecular formula is C25H43. The van der Waals surface area contributed by atoms with E-state index in [4.69, 9.17) is 0 Å². The summed E-state index contributed by atoms with van der Waals surface area (Å²) in [5, 5.41) is 0. The number of hydrogen-bond donors (Lipinski definition) is 0. The third-order valence-electron chi connectivity index (χ3n) is 5.25. The fourth-order valence-corrected chi connectivity index (χ4v) is 3.70. The second-order valence-corrected chi connectivity index (χ2v) is 7.90. The van der Waals surface area contributed by atoms with Gasteiger partial charge in [-0.05, 0) is 49.3 Å². The number of hydrogen-bond acceptors (Lipinski definition) is 0. The Kier molecular flexibility index (Phi) is 13.8. The van der Waals surface area contributed by atoms with Crippen molar-refractivity contribution in [3.05, 3.63) is 41.8 Å². The Morgan fingerprint density at radius 1 is 0.520 bits per heavy atom.